The molecule has 1 rings (SSSR count). The number of likely N-dealkylation sites (N-methyl/N-ethyl adjacent to an activating group) is 1. The smallest absolute Gasteiger partial charge is 0.413 e. The minimum Gasteiger partial charge on any atom is -0.444 e. The summed E-state index contributed by atoms with van der Waals surface area (Å²) < 4.78 is 5.12. The zero-order valence-corrected chi connectivity index (χ0v) is 15.3. The van der Waals surface area contributed by atoms with Gasteiger partial charge < -0.3 is 14.5 Å². The van der Waals surface area contributed by atoms with E-state index < -0.39 is 11.7 Å². The maximum Gasteiger partial charge on any atom is 0.413 e. The van der Waals surface area contributed by atoms with Crippen LogP contribution < -0.4 is 5.32 Å². The Labute approximate surface area is 143 Å². The Bertz CT molecular complexity index is 503. The zero-order chi connectivity index (χ0) is 17.6. The molecule has 2 amide bonds. The van der Waals surface area contributed by atoms with E-state index in [4.69, 9.17) is 4.74 Å². The van der Waals surface area contributed by atoms with Gasteiger partial charge in [-0.25, -0.2) is 9.79 Å². The second kappa shape index (κ2) is 8.35. The number of hydrogen-bond acceptors (Lipinski definition) is 6. The summed E-state index contributed by atoms with van der Waals surface area (Å²) in [5, 5.41) is 2.49. The maximum atomic E-state index is 12.2. The maximum absolute atomic E-state index is 12.2. The largest absolute Gasteiger partial charge is 0.444 e. The second-order valence-electron chi connectivity index (χ2n) is 6.45. The highest BCUT2D eigenvalue weighted by Crippen LogP contribution is 2.10. The third-order valence-corrected chi connectivity index (χ3v) is 3.38. The number of carbonyl (C=O) groups is 2. The topological polar surface area (TPSA) is 74.2 Å². The second-order valence-corrected chi connectivity index (χ2v) is 6.93. The van der Waals surface area contributed by atoms with Gasteiger partial charge in [0.15, 0.2) is 0 Å². The Balaban J connectivity index is 2.56. The number of amidine groups is 1. The Morgan fingerprint density at radius 1 is 1.22 bits per heavy atom. The van der Waals surface area contributed by atoms with E-state index in [9.17, 15) is 9.59 Å². The summed E-state index contributed by atoms with van der Waals surface area (Å²) in [6.07, 6.45) is 0.759. The number of rotatable bonds is 2. The number of piperazine rings is 1. The number of carbonyl (C=O) groups excluding carboxylic acids is 2. The van der Waals surface area contributed by atoms with Crippen LogP contribution in [0.5, 0.6) is 0 Å². The summed E-state index contributed by atoms with van der Waals surface area (Å²) in [5.41, 5.74) is -0.577. The highest BCUT2D eigenvalue weighted by atomic mass is 32.1. The van der Waals surface area contributed by atoms with Crippen LogP contribution in [0.1, 0.15) is 27.7 Å². The Kier molecular flexibility index (Phi) is 7.08. The average molecular weight is 342 g/mol. The van der Waals surface area contributed by atoms with Crippen molar-refractivity contribution in [2.24, 2.45) is 4.99 Å². The van der Waals surface area contributed by atoms with Crippen LogP contribution in [0.4, 0.5) is 4.79 Å². The van der Waals surface area contributed by atoms with Crippen LogP contribution in [-0.2, 0) is 9.53 Å². The average Bonchev–Trinajstić information content (AvgIpc) is 2.42. The molecule has 0 radical (unpaired) electrons. The Hall–Kier alpha value is -1.54. The SMILES string of the molecule is CC(=N/C=C(\S)C(=O)N1CCN(C)CC1)NC(=O)OC(C)(C)C. The molecule has 1 N–H and O–H groups in total. The van der Waals surface area contributed by atoms with Crippen molar-refractivity contribution in [3.05, 3.63) is 11.1 Å². The van der Waals surface area contributed by atoms with Gasteiger partial charge in [-0.15, -0.1) is 12.6 Å². The lowest BCUT2D eigenvalue weighted by Crippen LogP contribution is -2.47. The Morgan fingerprint density at radius 2 is 1.78 bits per heavy atom. The van der Waals surface area contributed by atoms with Gasteiger partial charge in [0.2, 0.25) is 0 Å². The molecule has 1 aliphatic rings. The zero-order valence-electron chi connectivity index (χ0n) is 14.4. The van der Waals surface area contributed by atoms with Gasteiger partial charge in [-0.1, -0.05) is 0 Å². The van der Waals surface area contributed by atoms with E-state index in [1.807, 2.05) is 7.05 Å². The van der Waals surface area contributed by atoms with E-state index in [1.54, 1.807) is 32.6 Å². The molecule has 130 valence electrons. The molecule has 1 heterocycles. The molecule has 0 unspecified atom stereocenters. The van der Waals surface area contributed by atoms with E-state index >= 15 is 0 Å². The summed E-state index contributed by atoms with van der Waals surface area (Å²) in [6, 6.07) is 0. The van der Waals surface area contributed by atoms with Crippen LogP contribution in [0.25, 0.3) is 0 Å². The van der Waals surface area contributed by atoms with Crippen molar-refractivity contribution in [2.75, 3.05) is 33.2 Å². The van der Waals surface area contributed by atoms with Crippen LogP contribution >= 0.6 is 12.6 Å². The molecule has 1 saturated heterocycles. The number of thiol groups is 1. The summed E-state index contributed by atoms with van der Waals surface area (Å²) in [7, 11) is 2.02. The van der Waals surface area contributed by atoms with Crippen molar-refractivity contribution in [1.82, 2.24) is 15.1 Å². The normalized spacial score (nSPS) is 17.9. The molecule has 1 aliphatic heterocycles. The minimum atomic E-state index is -0.585. The molecular weight excluding hydrogens is 316 g/mol. The number of alkyl carbamates (subject to hydrolysis) is 1. The van der Waals surface area contributed by atoms with E-state index in [1.165, 1.54) is 6.20 Å². The highest BCUT2D eigenvalue weighted by Gasteiger charge is 2.20. The molecule has 1 fully saturated rings. The van der Waals surface area contributed by atoms with E-state index in [0.717, 1.165) is 13.1 Å². The molecular formula is C15H26N4O3S. The molecule has 23 heavy (non-hydrogen) atoms. The standard InChI is InChI=1S/C15H26N4O3S/c1-11(17-14(21)22-15(2,3)4)16-10-12(23)13(20)19-8-6-18(5)7-9-19/h10,23H,6-9H2,1-5H3,(H,16,17,21)/b12-10-. The van der Waals surface area contributed by atoms with Crippen LogP contribution in [-0.4, -0.2) is 66.5 Å². The van der Waals surface area contributed by atoms with Crippen molar-refractivity contribution in [2.45, 2.75) is 33.3 Å². The Morgan fingerprint density at radius 3 is 2.30 bits per heavy atom. The third-order valence-electron chi connectivity index (χ3n) is 3.07. The molecule has 0 bridgehead atoms. The number of nitrogens with one attached hydrogen (secondary N) is 1. The summed E-state index contributed by atoms with van der Waals surface area (Å²) in [6.45, 7) is 9.98. The quantitative estimate of drug-likeness (QED) is 0.345. The van der Waals surface area contributed by atoms with Crippen LogP contribution in [0.3, 0.4) is 0 Å². The first-order valence-electron chi connectivity index (χ1n) is 7.50. The van der Waals surface area contributed by atoms with Crippen LogP contribution in [0.15, 0.2) is 16.1 Å². The number of amides is 2. The summed E-state index contributed by atoms with van der Waals surface area (Å²) >= 11 is 4.20. The van der Waals surface area contributed by atoms with Crippen molar-refractivity contribution in [3.63, 3.8) is 0 Å². The first kappa shape index (κ1) is 19.5. The van der Waals surface area contributed by atoms with E-state index in [-0.39, 0.29) is 10.8 Å². The predicted octanol–water partition coefficient (Wildman–Crippen LogP) is 1.47. The first-order valence-corrected chi connectivity index (χ1v) is 7.94. The monoisotopic (exact) mass is 342 g/mol. The molecule has 0 aromatic heterocycles. The predicted molar refractivity (Wildman–Crippen MR) is 93.6 cm³/mol. The molecule has 7 nitrogen and oxygen atoms in total. The number of nitrogens with zero attached hydrogens (tertiary/aromatic N) is 3. The van der Waals surface area contributed by atoms with Gasteiger partial charge in [-0.3, -0.25) is 10.1 Å². The number of hydrogen-bond donors (Lipinski definition) is 2. The lowest BCUT2D eigenvalue weighted by atomic mass is 10.2. The van der Waals surface area contributed by atoms with Crippen LogP contribution in [0, 0.1) is 0 Å². The highest BCUT2D eigenvalue weighted by molar-refractivity contribution is 7.85. The minimum absolute atomic E-state index is 0.157. The van der Waals surface area contributed by atoms with Crippen molar-refractivity contribution < 1.29 is 14.3 Å². The molecule has 0 saturated carbocycles. The fraction of sp³-hybridized carbons (Fsp3) is 0.667. The third kappa shape index (κ3) is 7.51. The molecule has 0 spiro atoms. The lowest BCUT2D eigenvalue weighted by Gasteiger charge is -2.32. The van der Waals surface area contributed by atoms with Gasteiger partial charge >= 0.3 is 6.09 Å². The van der Waals surface area contributed by atoms with Crippen molar-refractivity contribution >= 4 is 30.5 Å². The fourth-order valence-corrected chi connectivity index (χ4v) is 2.07. The van der Waals surface area contributed by atoms with Gasteiger partial charge in [-0.2, -0.15) is 0 Å². The van der Waals surface area contributed by atoms with Gasteiger partial charge in [0, 0.05) is 32.4 Å². The van der Waals surface area contributed by atoms with Gasteiger partial charge in [-0.05, 0) is 34.7 Å². The molecule has 0 aliphatic carbocycles. The number of aliphatic imine (C=N–C) groups is 1. The molecule has 0 atom stereocenters. The molecule has 8 heteroatoms. The van der Waals surface area contributed by atoms with Crippen LogP contribution in [0.2, 0.25) is 0 Å². The summed E-state index contributed by atoms with van der Waals surface area (Å²) in [5.74, 6) is 0.173. The molecule has 0 aromatic carbocycles. The lowest BCUT2D eigenvalue weighted by molar-refractivity contribution is -0.127. The van der Waals surface area contributed by atoms with E-state index in [2.05, 4.69) is 27.8 Å². The molecule has 0 aromatic rings. The van der Waals surface area contributed by atoms with Gasteiger partial charge in [0.25, 0.3) is 5.91 Å². The van der Waals surface area contributed by atoms with Crippen molar-refractivity contribution in [3.8, 4) is 0 Å². The van der Waals surface area contributed by atoms with Crippen molar-refractivity contribution in [1.29, 1.82) is 0 Å². The van der Waals surface area contributed by atoms with Gasteiger partial charge in [0.1, 0.15) is 11.4 Å². The van der Waals surface area contributed by atoms with Gasteiger partial charge in [0.05, 0.1) is 4.91 Å². The first-order chi connectivity index (χ1) is 10.6. The fourth-order valence-electron chi connectivity index (χ4n) is 1.87. The summed E-state index contributed by atoms with van der Waals surface area (Å²) in [4.78, 5) is 32.0. The number of ether oxygens (including phenoxy) is 1. The van der Waals surface area contributed by atoms with E-state index in [0.29, 0.717) is 18.9 Å².